The zero-order chi connectivity index (χ0) is 19.1. The van der Waals surface area contributed by atoms with Crippen molar-refractivity contribution in [2.45, 2.75) is 70.6 Å². The maximum Gasteiger partial charge on any atom is 0.191 e. The molecule has 1 heterocycles. The topological polar surface area (TPSA) is 59.9 Å². The molecule has 1 aliphatic heterocycles. The van der Waals surface area contributed by atoms with E-state index in [0.29, 0.717) is 12.1 Å². The van der Waals surface area contributed by atoms with Gasteiger partial charge in [-0.2, -0.15) is 0 Å². The fraction of sp³-hybridized carbons (Fsp3) is 0.682. The third-order valence-corrected chi connectivity index (χ3v) is 5.85. The molecule has 3 N–H and O–H groups in total. The molecular formula is C22H36N4O. The Morgan fingerprint density at radius 1 is 1.15 bits per heavy atom. The Hall–Kier alpha value is -1.59. The van der Waals surface area contributed by atoms with Crippen LogP contribution in [-0.4, -0.2) is 54.3 Å². The van der Waals surface area contributed by atoms with Gasteiger partial charge in [-0.1, -0.05) is 29.8 Å². The van der Waals surface area contributed by atoms with E-state index in [4.69, 9.17) is 4.99 Å². The largest absolute Gasteiger partial charge is 0.393 e. The summed E-state index contributed by atoms with van der Waals surface area (Å²) in [4.78, 5) is 7.54. The molecule has 0 amide bonds. The Morgan fingerprint density at radius 3 is 2.44 bits per heavy atom. The van der Waals surface area contributed by atoms with Gasteiger partial charge in [-0.15, -0.1) is 0 Å². The summed E-state index contributed by atoms with van der Waals surface area (Å²) in [5.74, 6) is 0.912. The first-order valence-electron chi connectivity index (χ1n) is 10.7. The minimum absolute atomic E-state index is 0.122. The van der Waals surface area contributed by atoms with E-state index in [9.17, 15) is 5.11 Å². The highest BCUT2D eigenvalue weighted by atomic mass is 16.3. The van der Waals surface area contributed by atoms with Crippen LogP contribution in [-0.2, 0) is 0 Å². The molecule has 0 bridgehead atoms. The van der Waals surface area contributed by atoms with E-state index in [1.54, 1.807) is 0 Å². The lowest BCUT2D eigenvalue weighted by molar-refractivity contribution is 0.120. The third kappa shape index (κ3) is 5.94. The number of likely N-dealkylation sites (tertiary alicyclic amines) is 1. The highest BCUT2D eigenvalue weighted by Crippen LogP contribution is 2.26. The minimum Gasteiger partial charge on any atom is -0.393 e. The van der Waals surface area contributed by atoms with Gasteiger partial charge in [0.15, 0.2) is 5.96 Å². The lowest BCUT2D eigenvalue weighted by atomic mass is 9.93. The van der Waals surface area contributed by atoms with Crippen molar-refractivity contribution >= 4 is 5.96 Å². The molecule has 5 nitrogen and oxygen atoms in total. The second-order valence-corrected chi connectivity index (χ2v) is 8.04. The molecule has 1 atom stereocenters. The van der Waals surface area contributed by atoms with E-state index >= 15 is 0 Å². The van der Waals surface area contributed by atoms with Gasteiger partial charge in [0.1, 0.15) is 0 Å². The molecule has 0 spiro atoms. The molecule has 1 aromatic rings. The Labute approximate surface area is 164 Å². The van der Waals surface area contributed by atoms with Crippen LogP contribution in [0.1, 0.15) is 62.6 Å². The van der Waals surface area contributed by atoms with Gasteiger partial charge in [0.05, 0.1) is 18.7 Å². The van der Waals surface area contributed by atoms with E-state index in [1.807, 2.05) is 0 Å². The molecule has 1 aromatic carbocycles. The molecule has 1 saturated heterocycles. The van der Waals surface area contributed by atoms with Crippen LogP contribution in [0.15, 0.2) is 29.3 Å². The fourth-order valence-corrected chi connectivity index (χ4v) is 4.18. The molecule has 3 rings (SSSR count). The van der Waals surface area contributed by atoms with Crippen LogP contribution < -0.4 is 10.6 Å². The average molecular weight is 373 g/mol. The standard InChI is InChI=1S/C22H36N4O/c1-3-23-22(25-19-10-12-20(27)13-11-19)24-16-21(26-14-4-5-15-26)18-8-6-17(2)7-9-18/h6-9,19-21,27H,3-5,10-16H2,1-2H3,(H2,23,24,25). The highest BCUT2D eigenvalue weighted by Gasteiger charge is 2.24. The van der Waals surface area contributed by atoms with Crippen molar-refractivity contribution in [1.29, 1.82) is 0 Å². The molecular weight excluding hydrogens is 336 g/mol. The Balaban J connectivity index is 1.68. The summed E-state index contributed by atoms with van der Waals surface area (Å²) in [5, 5.41) is 16.7. The van der Waals surface area contributed by atoms with Crippen LogP contribution in [0.5, 0.6) is 0 Å². The summed E-state index contributed by atoms with van der Waals surface area (Å²) in [5.41, 5.74) is 2.67. The quantitative estimate of drug-likeness (QED) is 0.531. The van der Waals surface area contributed by atoms with Crippen molar-refractivity contribution in [3.63, 3.8) is 0 Å². The van der Waals surface area contributed by atoms with Crippen molar-refractivity contribution in [3.8, 4) is 0 Å². The van der Waals surface area contributed by atoms with Gasteiger partial charge < -0.3 is 15.7 Å². The Kier molecular flexibility index (Phi) is 7.53. The van der Waals surface area contributed by atoms with Gasteiger partial charge in [-0.25, -0.2) is 0 Å². The van der Waals surface area contributed by atoms with E-state index in [-0.39, 0.29) is 6.10 Å². The summed E-state index contributed by atoms with van der Waals surface area (Å²) < 4.78 is 0. The second kappa shape index (κ2) is 10.1. The maximum atomic E-state index is 9.73. The average Bonchev–Trinajstić information content (AvgIpc) is 3.20. The normalized spacial score (nSPS) is 25.4. The molecule has 1 saturated carbocycles. The number of aryl methyl sites for hydroxylation is 1. The van der Waals surface area contributed by atoms with E-state index in [2.05, 4.69) is 53.6 Å². The third-order valence-electron chi connectivity index (χ3n) is 5.85. The zero-order valence-electron chi connectivity index (χ0n) is 17.0. The summed E-state index contributed by atoms with van der Waals surface area (Å²) in [7, 11) is 0. The fourth-order valence-electron chi connectivity index (χ4n) is 4.18. The van der Waals surface area contributed by atoms with Crippen molar-refractivity contribution in [3.05, 3.63) is 35.4 Å². The lowest BCUT2D eigenvalue weighted by Gasteiger charge is -2.29. The number of aliphatic imine (C=N–C) groups is 1. The maximum absolute atomic E-state index is 9.73. The smallest absolute Gasteiger partial charge is 0.191 e. The minimum atomic E-state index is -0.122. The van der Waals surface area contributed by atoms with Gasteiger partial charge in [-0.3, -0.25) is 9.89 Å². The van der Waals surface area contributed by atoms with Crippen LogP contribution in [0.2, 0.25) is 0 Å². The predicted molar refractivity (Wildman–Crippen MR) is 112 cm³/mol. The molecule has 1 aliphatic carbocycles. The van der Waals surface area contributed by atoms with Crippen LogP contribution in [0.4, 0.5) is 0 Å². The van der Waals surface area contributed by atoms with Crippen LogP contribution in [0.25, 0.3) is 0 Å². The molecule has 0 radical (unpaired) electrons. The summed E-state index contributed by atoms with van der Waals surface area (Å²) in [6.07, 6.45) is 6.25. The molecule has 0 aromatic heterocycles. The lowest BCUT2D eigenvalue weighted by Crippen LogP contribution is -2.45. The number of aliphatic hydroxyl groups excluding tert-OH is 1. The first kappa shape index (κ1) is 20.2. The Morgan fingerprint density at radius 2 is 1.81 bits per heavy atom. The predicted octanol–water partition coefficient (Wildman–Crippen LogP) is 2.99. The van der Waals surface area contributed by atoms with Crippen molar-refractivity contribution < 1.29 is 5.11 Å². The van der Waals surface area contributed by atoms with Gasteiger partial charge >= 0.3 is 0 Å². The van der Waals surface area contributed by atoms with Crippen molar-refractivity contribution in [2.75, 3.05) is 26.2 Å². The zero-order valence-corrected chi connectivity index (χ0v) is 17.0. The van der Waals surface area contributed by atoms with Gasteiger partial charge in [0.2, 0.25) is 0 Å². The number of guanidine groups is 1. The second-order valence-electron chi connectivity index (χ2n) is 8.04. The van der Waals surface area contributed by atoms with Crippen molar-refractivity contribution in [2.24, 2.45) is 4.99 Å². The number of hydrogen-bond donors (Lipinski definition) is 3. The van der Waals surface area contributed by atoms with E-state index < -0.39 is 0 Å². The van der Waals surface area contributed by atoms with E-state index in [0.717, 1.165) is 44.7 Å². The summed E-state index contributed by atoms with van der Waals surface area (Å²) in [6.45, 7) is 8.21. The van der Waals surface area contributed by atoms with Gasteiger partial charge in [0.25, 0.3) is 0 Å². The highest BCUT2D eigenvalue weighted by molar-refractivity contribution is 5.80. The number of rotatable bonds is 6. The number of hydrogen-bond acceptors (Lipinski definition) is 3. The number of nitrogens with zero attached hydrogens (tertiary/aromatic N) is 2. The first-order chi connectivity index (χ1) is 13.2. The van der Waals surface area contributed by atoms with Gasteiger partial charge in [0, 0.05) is 12.6 Å². The molecule has 2 fully saturated rings. The summed E-state index contributed by atoms with van der Waals surface area (Å²) >= 11 is 0. The molecule has 1 unspecified atom stereocenters. The molecule has 2 aliphatic rings. The SMILES string of the molecule is CCNC(=NCC(c1ccc(C)cc1)N1CCCC1)NC1CCC(O)CC1. The number of benzene rings is 1. The Bertz CT molecular complexity index is 587. The molecule has 27 heavy (non-hydrogen) atoms. The van der Waals surface area contributed by atoms with Crippen LogP contribution in [0.3, 0.4) is 0 Å². The van der Waals surface area contributed by atoms with E-state index in [1.165, 1.54) is 37.1 Å². The molecule has 150 valence electrons. The monoisotopic (exact) mass is 372 g/mol. The van der Waals surface area contributed by atoms with Crippen LogP contribution in [0, 0.1) is 6.92 Å². The number of nitrogens with one attached hydrogen (secondary N) is 2. The van der Waals surface area contributed by atoms with Crippen molar-refractivity contribution in [1.82, 2.24) is 15.5 Å². The molecule has 5 heteroatoms. The first-order valence-corrected chi connectivity index (χ1v) is 10.7. The number of aliphatic hydroxyl groups is 1. The van der Waals surface area contributed by atoms with Gasteiger partial charge in [-0.05, 0) is 71.0 Å². The van der Waals surface area contributed by atoms with Crippen LogP contribution >= 0.6 is 0 Å². The summed E-state index contributed by atoms with van der Waals surface area (Å²) in [6, 6.07) is 9.69.